The largest absolute Gasteiger partial charge is 0.369 e. The number of aromatic amines is 2. The van der Waals surface area contributed by atoms with Crippen molar-refractivity contribution >= 4 is 39.5 Å². The maximum Gasteiger partial charge on any atom is 0.197 e. The van der Waals surface area contributed by atoms with Gasteiger partial charge in [-0.25, -0.2) is 9.97 Å². The van der Waals surface area contributed by atoms with Crippen LogP contribution in [-0.2, 0) is 20.0 Å². The summed E-state index contributed by atoms with van der Waals surface area (Å²) in [6.45, 7) is 4.74. The Morgan fingerprint density at radius 3 is 2.93 bits per heavy atom. The smallest absolute Gasteiger partial charge is 0.197 e. The number of rotatable bonds is 4. The van der Waals surface area contributed by atoms with Crippen LogP contribution in [0.4, 0.5) is 5.95 Å². The van der Waals surface area contributed by atoms with Gasteiger partial charge in [0.05, 0.1) is 40.2 Å². The highest BCUT2D eigenvalue weighted by molar-refractivity contribution is 7.19. The van der Waals surface area contributed by atoms with Crippen LogP contribution in [0, 0.1) is 0 Å². The van der Waals surface area contributed by atoms with Gasteiger partial charge in [0.2, 0.25) is 0 Å². The third kappa shape index (κ3) is 2.53. The normalized spacial score (nSPS) is 13.7. The molecule has 0 saturated heterocycles. The lowest BCUT2D eigenvalue weighted by molar-refractivity contribution is 0.407. The van der Waals surface area contributed by atoms with Crippen molar-refractivity contribution in [1.29, 1.82) is 0 Å². The molecule has 0 aromatic carbocycles. The van der Waals surface area contributed by atoms with Crippen LogP contribution in [0.25, 0.3) is 16.0 Å². The quantitative estimate of drug-likeness (QED) is 0.502. The van der Waals surface area contributed by atoms with Crippen molar-refractivity contribution in [3.8, 4) is 0 Å². The van der Waals surface area contributed by atoms with Gasteiger partial charge in [-0.1, -0.05) is 6.58 Å². The van der Waals surface area contributed by atoms with Crippen molar-refractivity contribution in [2.24, 2.45) is 12.1 Å². The predicted octanol–water partition coefficient (Wildman–Crippen LogP) is 2.07. The third-order valence-electron chi connectivity index (χ3n) is 4.57. The first-order valence-corrected chi connectivity index (χ1v) is 9.19. The van der Waals surface area contributed by atoms with Crippen molar-refractivity contribution < 1.29 is 0 Å². The molecule has 0 saturated carbocycles. The Balaban J connectivity index is 1.49. The van der Waals surface area contributed by atoms with Crippen molar-refractivity contribution in [2.45, 2.75) is 13.0 Å². The first-order chi connectivity index (χ1) is 13.1. The molecule has 0 atom stereocenters. The van der Waals surface area contributed by atoms with Gasteiger partial charge in [-0.15, -0.1) is 11.3 Å². The molecule has 0 radical (unpaired) electrons. The van der Waals surface area contributed by atoms with Crippen molar-refractivity contribution in [2.75, 3.05) is 5.73 Å². The van der Waals surface area contributed by atoms with Crippen molar-refractivity contribution in [3.05, 3.63) is 52.7 Å². The number of hydrogen-bond acceptors (Lipinski definition) is 7. The number of nitrogen functional groups attached to an aromatic ring is 1. The van der Waals surface area contributed by atoms with E-state index in [1.165, 1.54) is 0 Å². The van der Waals surface area contributed by atoms with Crippen LogP contribution >= 0.6 is 11.3 Å². The monoisotopic (exact) mass is 379 g/mol. The molecule has 10 heteroatoms. The van der Waals surface area contributed by atoms with E-state index < -0.39 is 0 Å². The Labute approximate surface area is 158 Å². The highest BCUT2D eigenvalue weighted by atomic mass is 32.1. The van der Waals surface area contributed by atoms with Crippen LogP contribution in [0.5, 0.6) is 0 Å². The lowest BCUT2D eigenvalue weighted by Crippen LogP contribution is -2.21. The van der Waals surface area contributed by atoms with Crippen molar-refractivity contribution in [3.63, 3.8) is 0 Å². The number of nitrogens with two attached hydrogens (primary N) is 1. The molecule has 4 aromatic rings. The number of nitrogens with one attached hydrogen (secondary N) is 2. The second-order valence-electron chi connectivity index (χ2n) is 6.35. The number of nitrogens with zero attached hydrogens (tertiary/aromatic N) is 6. The van der Waals surface area contributed by atoms with E-state index in [2.05, 4.69) is 36.4 Å². The number of thiazole rings is 1. The number of hydrogen-bond donors (Lipinski definition) is 3. The number of imidazole rings is 1. The van der Waals surface area contributed by atoms with Crippen LogP contribution in [-0.4, -0.2) is 40.9 Å². The molecule has 5 rings (SSSR count). The Kier molecular flexibility index (Phi) is 3.41. The molecule has 5 heterocycles. The van der Waals surface area contributed by atoms with Gasteiger partial charge in [0.25, 0.3) is 0 Å². The lowest BCUT2D eigenvalue weighted by Gasteiger charge is -2.24. The summed E-state index contributed by atoms with van der Waals surface area (Å²) < 4.78 is 3.20. The number of aromatic nitrogens is 6. The van der Waals surface area contributed by atoms with Gasteiger partial charge in [-0.2, -0.15) is 10.2 Å². The highest BCUT2D eigenvalue weighted by Crippen LogP contribution is 2.36. The fourth-order valence-corrected chi connectivity index (χ4v) is 4.43. The summed E-state index contributed by atoms with van der Waals surface area (Å²) in [5.41, 5.74) is 11.3. The first kappa shape index (κ1) is 15.8. The summed E-state index contributed by atoms with van der Waals surface area (Å²) in [7, 11) is 2.01. The van der Waals surface area contributed by atoms with Crippen molar-refractivity contribution in [1.82, 2.24) is 34.7 Å². The maximum absolute atomic E-state index is 5.66. The second kappa shape index (κ2) is 5.81. The fraction of sp³-hybridized carbons (Fsp3) is 0.176. The molecule has 136 valence electrons. The molecule has 1 aliphatic rings. The van der Waals surface area contributed by atoms with E-state index in [9.17, 15) is 0 Å². The van der Waals surface area contributed by atoms with E-state index in [0.29, 0.717) is 18.9 Å². The van der Waals surface area contributed by atoms with Crippen LogP contribution < -0.4 is 5.73 Å². The number of anilines is 1. The van der Waals surface area contributed by atoms with E-state index in [1.54, 1.807) is 17.5 Å². The average Bonchev–Trinajstić information content (AvgIpc) is 3.40. The van der Waals surface area contributed by atoms with Gasteiger partial charge in [0.1, 0.15) is 5.01 Å². The number of aryl methyl sites for hydroxylation is 1. The summed E-state index contributed by atoms with van der Waals surface area (Å²) in [6.07, 6.45) is 6.18. The lowest BCUT2D eigenvalue weighted by atomic mass is 10.2. The zero-order valence-electron chi connectivity index (χ0n) is 14.6. The van der Waals surface area contributed by atoms with E-state index in [0.717, 1.165) is 43.7 Å². The Hall–Kier alpha value is -3.40. The highest BCUT2D eigenvalue weighted by Gasteiger charge is 2.26. The predicted molar refractivity (Wildman–Crippen MR) is 105 cm³/mol. The third-order valence-corrected chi connectivity index (χ3v) is 5.65. The number of H-pyrrole nitrogens is 2. The van der Waals surface area contributed by atoms with Crippen LogP contribution in [0.15, 0.2) is 30.1 Å². The van der Waals surface area contributed by atoms with E-state index >= 15 is 0 Å². The Bertz CT molecular complexity index is 1180. The summed E-state index contributed by atoms with van der Waals surface area (Å²) >= 11 is 1.67. The number of hydrazone groups is 1. The van der Waals surface area contributed by atoms with E-state index in [-0.39, 0.29) is 0 Å². The van der Waals surface area contributed by atoms with Gasteiger partial charge in [-0.05, 0) is 6.07 Å². The molecule has 27 heavy (non-hydrogen) atoms. The molecule has 9 nitrogen and oxygen atoms in total. The van der Waals surface area contributed by atoms with E-state index in [1.807, 2.05) is 30.5 Å². The Morgan fingerprint density at radius 1 is 1.30 bits per heavy atom. The average molecular weight is 379 g/mol. The summed E-state index contributed by atoms with van der Waals surface area (Å²) in [5.74, 6) is 0.394. The molecule has 0 spiro atoms. The molecule has 4 N–H and O–H groups in total. The van der Waals surface area contributed by atoms with E-state index in [4.69, 9.17) is 10.7 Å². The second-order valence-corrected chi connectivity index (χ2v) is 7.43. The van der Waals surface area contributed by atoms with Gasteiger partial charge in [-0.3, -0.25) is 10.1 Å². The SMILES string of the molecule is C=C1c2c(c3sc(Cc4cc[nH]n4)nc3n2C)C=NN1Cc1c[nH]c(N)n1. The van der Waals surface area contributed by atoms with Crippen LogP contribution in [0.3, 0.4) is 0 Å². The minimum absolute atomic E-state index is 0.394. The molecule has 0 aliphatic carbocycles. The molecule has 4 aromatic heterocycles. The maximum atomic E-state index is 5.66. The molecule has 0 unspecified atom stereocenters. The van der Waals surface area contributed by atoms with Gasteiger partial charge in [0, 0.05) is 31.4 Å². The van der Waals surface area contributed by atoms with Crippen LogP contribution in [0.1, 0.15) is 27.7 Å². The molecule has 0 fully saturated rings. The van der Waals surface area contributed by atoms with Gasteiger partial charge < -0.3 is 15.3 Å². The fourth-order valence-electron chi connectivity index (χ4n) is 3.31. The topological polar surface area (TPSA) is 117 Å². The minimum Gasteiger partial charge on any atom is -0.369 e. The first-order valence-electron chi connectivity index (χ1n) is 8.37. The molecular weight excluding hydrogens is 362 g/mol. The summed E-state index contributed by atoms with van der Waals surface area (Å²) in [5, 5.41) is 14.5. The summed E-state index contributed by atoms with van der Waals surface area (Å²) in [4.78, 5) is 11.9. The van der Waals surface area contributed by atoms with Gasteiger partial charge >= 0.3 is 0 Å². The minimum atomic E-state index is 0.394. The zero-order chi connectivity index (χ0) is 18.5. The van der Waals surface area contributed by atoms with Crippen LogP contribution in [0.2, 0.25) is 0 Å². The Morgan fingerprint density at radius 2 is 2.19 bits per heavy atom. The zero-order valence-corrected chi connectivity index (χ0v) is 15.4. The molecule has 0 amide bonds. The van der Waals surface area contributed by atoms with Gasteiger partial charge in [0.15, 0.2) is 11.6 Å². The molecular formula is C17H17N9S. The molecule has 0 bridgehead atoms. The number of fused-ring (bicyclic) bond motifs is 3. The standard InChI is InChI=1S/C17H17N9S/c1-9-14-12(7-21-26(9)8-11-6-19-17(18)22-11)15-16(25(14)2)23-13(27-15)5-10-3-4-20-24-10/h3-4,6-7H,1,5,8H2,2H3,(H,20,24)(H3,18,19,22). The molecule has 1 aliphatic heterocycles. The summed E-state index contributed by atoms with van der Waals surface area (Å²) in [6, 6.07) is 1.96.